The van der Waals surface area contributed by atoms with E-state index in [1.54, 1.807) is 6.07 Å². The molecule has 38 heavy (non-hydrogen) atoms. The number of ether oxygens (including phenoxy) is 2. The van der Waals surface area contributed by atoms with E-state index in [-0.39, 0.29) is 27.2 Å². The first-order chi connectivity index (χ1) is 18.3. The summed E-state index contributed by atoms with van der Waals surface area (Å²) in [4.78, 5) is 36.8. The summed E-state index contributed by atoms with van der Waals surface area (Å²) in [5.41, 5.74) is 3.59. The van der Waals surface area contributed by atoms with E-state index in [4.69, 9.17) is 32.7 Å². The van der Waals surface area contributed by atoms with Crippen molar-refractivity contribution < 1.29 is 23.9 Å². The van der Waals surface area contributed by atoms with Gasteiger partial charge in [-0.15, -0.1) is 10.2 Å². The lowest BCUT2D eigenvalue weighted by Gasteiger charge is -2.10. The number of anilines is 1. The Balaban J connectivity index is 1.34. The van der Waals surface area contributed by atoms with Crippen molar-refractivity contribution in [2.75, 3.05) is 12.4 Å². The van der Waals surface area contributed by atoms with Gasteiger partial charge in [-0.25, -0.2) is 10.2 Å². The monoisotopic (exact) mass is 569 g/mol. The Morgan fingerprint density at radius 3 is 2.47 bits per heavy atom. The lowest BCUT2D eigenvalue weighted by Crippen LogP contribution is -2.32. The minimum absolute atomic E-state index is 0.134. The Morgan fingerprint density at radius 1 is 0.947 bits per heavy atom. The Kier molecular flexibility index (Phi) is 8.64. The number of nitrogens with one attached hydrogen (secondary N) is 2. The summed E-state index contributed by atoms with van der Waals surface area (Å²) < 4.78 is 10.7. The largest absolute Gasteiger partial charge is 0.493 e. The fraction of sp³-hybridized carbons (Fsp3) is 0.0400. The molecule has 0 aliphatic heterocycles. The maximum atomic E-state index is 12.5. The van der Waals surface area contributed by atoms with Gasteiger partial charge in [0.25, 0.3) is 0 Å². The molecule has 2 amide bonds. The first-order valence-corrected chi connectivity index (χ1v) is 12.3. The number of amides is 2. The molecule has 3 aromatic carbocycles. The third-order valence-electron chi connectivity index (χ3n) is 4.79. The predicted molar refractivity (Wildman–Crippen MR) is 144 cm³/mol. The molecule has 0 saturated carbocycles. The molecule has 1 aromatic heterocycles. The van der Waals surface area contributed by atoms with Crippen molar-refractivity contribution in [3.63, 3.8) is 0 Å². The van der Waals surface area contributed by atoms with Gasteiger partial charge >= 0.3 is 17.8 Å². The molecule has 192 valence electrons. The summed E-state index contributed by atoms with van der Waals surface area (Å²) >= 11 is 13.1. The molecule has 4 aromatic rings. The van der Waals surface area contributed by atoms with E-state index >= 15 is 0 Å². The van der Waals surface area contributed by atoms with Gasteiger partial charge in [-0.2, -0.15) is 5.10 Å². The van der Waals surface area contributed by atoms with E-state index in [9.17, 15) is 14.4 Å². The highest BCUT2D eigenvalue weighted by molar-refractivity contribution is 7.18. The normalized spacial score (nSPS) is 10.7. The lowest BCUT2D eigenvalue weighted by molar-refractivity contribution is -0.136. The molecule has 0 atom stereocenters. The number of carbonyl (C=O) groups is 3. The maximum Gasteiger partial charge on any atom is 0.345 e. The van der Waals surface area contributed by atoms with E-state index in [0.717, 1.165) is 16.9 Å². The van der Waals surface area contributed by atoms with Crippen molar-refractivity contribution in [3.8, 4) is 22.1 Å². The molecule has 4 rings (SSSR count). The van der Waals surface area contributed by atoms with Gasteiger partial charge in [-0.3, -0.25) is 14.9 Å². The molecule has 0 spiro atoms. The maximum absolute atomic E-state index is 12.5. The lowest BCUT2D eigenvalue weighted by atomic mass is 10.2. The van der Waals surface area contributed by atoms with Crippen LogP contribution in [0.1, 0.15) is 15.9 Å². The second kappa shape index (κ2) is 12.3. The summed E-state index contributed by atoms with van der Waals surface area (Å²) in [6.07, 6.45) is 1.29. The van der Waals surface area contributed by atoms with E-state index in [1.165, 1.54) is 43.7 Å². The highest BCUT2D eigenvalue weighted by Crippen LogP contribution is 2.30. The zero-order valence-electron chi connectivity index (χ0n) is 19.5. The van der Waals surface area contributed by atoms with Gasteiger partial charge in [0.1, 0.15) is 5.01 Å². The number of hydrogen-bond acceptors (Lipinski definition) is 9. The number of nitrogens with zero attached hydrogens (tertiary/aromatic N) is 3. The number of benzene rings is 3. The van der Waals surface area contributed by atoms with Crippen LogP contribution in [0.5, 0.6) is 11.5 Å². The van der Waals surface area contributed by atoms with Gasteiger partial charge < -0.3 is 9.47 Å². The number of esters is 1. The van der Waals surface area contributed by atoms with Crippen molar-refractivity contribution >= 4 is 63.7 Å². The quantitative estimate of drug-likeness (QED) is 0.107. The summed E-state index contributed by atoms with van der Waals surface area (Å²) in [6, 6.07) is 18.3. The molecule has 0 radical (unpaired) electrons. The molecule has 0 bridgehead atoms. The van der Waals surface area contributed by atoms with E-state index < -0.39 is 17.8 Å². The number of carbonyl (C=O) groups excluding carboxylic acids is 3. The molecule has 2 N–H and O–H groups in total. The second-order valence-corrected chi connectivity index (χ2v) is 9.18. The van der Waals surface area contributed by atoms with Crippen LogP contribution in [0.25, 0.3) is 10.6 Å². The molecule has 0 fully saturated rings. The van der Waals surface area contributed by atoms with Crippen LogP contribution in [0.15, 0.2) is 71.8 Å². The number of hydrazone groups is 1. The smallest absolute Gasteiger partial charge is 0.345 e. The number of hydrogen-bond donors (Lipinski definition) is 2. The van der Waals surface area contributed by atoms with E-state index in [2.05, 4.69) is 26.0 Å². The number of aromatic nitrogens is 2. The minimum atomic E-state index is -1.00. The van der Waals surface area contributed by atoms with Crippen molar-refractivity contribution in [2.24, 2.45) is 5.10 Å². The Hall–Kier alpha value is -4.32. The standard InChI is InChI=1S/C25H17Cl2N5O5S/c1-36-20-11-14(7-10-19(20)37-24(35)17-9-8-16(26)12-18(17)27)13-28-30-22(34)21(33)29-25-32-31-23(38-25)15-5-3-2-4-6-15/h2-13H,1H3,(H,30,34)(H,29,32,33)/b28-13-. The fourth-order valence-electron chi connectivity index (χ4n) is 3.00. The molecular weight excluding hydrogens is 553 g/mol. The van der Waals surface area contributed by atoms with Crippen LogP contribution in [0, 0.1) is 0 Å². The summed E-state index contributed by atoms with van der Waals surface area (Å²) in [5, 5.41) is 15.3. The number of methoxy groups -OCH3 is 1. The Morgan fingerprint density at radius 2 is 1.74 bits per heavy atom. The number of rotatable bonds is 7. The minimum Gasteiger partial charge on any atom is -0.493 e. The predicted octanol–water partition coefficient (Wildman–Crippen LogP) is 4.83. The second-order valence-electron chi connectivity index (χ2n) is 7.36. The average molecular weight is 570 g/mol. The van der Waals surface area contributed by atoms with Gasteiger partial charge in [0.2, 0.25) is 5.13 Å². The van der Waals surface area contributed by atoms with Crippen LogP contribution in [-0.4, -0.2) is 41.3 Å². The average Bonchev–Trinajstić information content (AvgIpc) is 3.38. The van der Waals surface area contributed by atoms with Crippen molar-refractivity contribution in [3.05, 3.63) is 87.9 Å². The number of halogens is 2. The molecule has 10 nitrogen and oxygen atoms in total. The van der Waals surface area contributed by atoms with Crippen LogP contribution in [-0.2, 0) is 9.59 Å². The van der Waals surface area contributed by atoms with Crippen LogP contribution in [0.3, 0.4) is 0 Å². The van der Waals surface area contributed by atoms with E-state index in [0.29, 0.717) is 15.6 Å². The fourth-order valence-corrected chi connectivity index (χ4v) is 4.23. The van der Waals surface area contributed by atoms with Gasteiger partial charge in [0, 0.05) is 10.6 Å². The molecule has 0 saturated heterocycles. The first kappa shape index (κ1) is 26.7. The topological polar surface area (TPSA) is 132 Å². The highest BCUT2D eigenvalue weighted by atomic mass is 35.5. The van der Waals surface area contributed by atoms with Gasteiger partial charge in [0.05, 0.1) is 23.9 Å². The van der Waals surface area contributed by atoms with Crippen LogP contribution in [0.2, 0.25) is 10.0 Å². The molecule has 0 aliphatic carbocycles. The van der Waals surface area contributed by atoms with Crippen molar-refractivity contribution in [1.82, 2.24) is 15.6 Å². The molecule has 0 aliphatic rings. The van der Waals surface area contributed by atoms with Crippen LogP contribution < -0.4 is 20.2 Å². The van der Waals surface area contributed by atoms with Gasteiger partial charge in [-0.1, -0.05) is 64.9 Å². The highest BCUT2D eigenvalue weighted by Gasteiger charge is 2.17. The van der Waals surface area contributed by atoms with Gasteiger partial charge in [-0.05, 0) is 42.0 Å². The SMILES string of the molecule is COc1cc(/C=N\NC(=O)C(=O)Nc2nnc(-c3ccccc3)s2)ccc1OC(=O)c1ccc(Cl)cc1Cl. The van der Waals surface area contributed by atoms with Crippen molar-refractivity contribution in [2.45, 2.75) is 0 Å². The zero-order valence-corrected chi connectivity index (χ0v) is 21.8. The van der Waals surface area contributed by atoms with Crippen LogP contribution >= 0.6 is 34.5 Å². The molecular formula is C25H17Cl2N5O5S. The summed E-state index contributed by atoms with van der Waals surface area (Å²) in [7, 11) is 1.39. The third kappa shape index (κ3) is 6.71. The van der Waals surface area contributed by atoms with Crippen LogP contribution in [0.4, 0.5) is 5.13 Å². The van der Waals surface area contributed by atoms with E-state index in [1.807, 2.05) is 30.3 Å². The van der Waals surface area contributed by atoms with Crippen molar-refractivity contribution in [1.29, 1.82) is 0 Å². The zero-order chi connectivity index (χ0) is 27.1. The third-order valence-corrected chi connectivity index (χ3v) is 6.23. The Labute approximate surface area is 230 Å². The molecule has 13 heteroatoms. The summed E-state index contributed by atoms with van der Waals surface area (Å²) in [5.74, 6) is -2.30. The Bertz CT molecular complexity index is 1530. The molecule has 0 unspecified atom stereocenters. The summed E-state index contributed by atoms with van der Waals surface area (Å²) in [6.45, 7) is 0. The van der Waals surface area contributed by atoms with Gasteiger partial charge in [0.15, 0.2) is 11.5 Å². The molecule has 1 heterocycles. The first-order valence-electron chi connectivity index (χ1n) is 10.7.